The highest BCUT2D eigenvalue weighted by molar-refractivity contribution is 9.10. The predicted molar refractivity (Wildman–Crippen MR) is 117 cm³/mol. The first-order chi connectivity index (χ1) is 13.8. The first kappa shape index (κ1) is 21.7. The van der Waals surface area contributed by atoms with Gasteiger partial charge in [-0.3, -0.25) is 4.79 Å². The zero-order valence-corrected chi connectivity index (χ0v) is 18.8. The Morgan fingerprint density at radius 1 is 1.14 bits per heavy atom. The van der Waals surface area contributed by atoms with Crippen molar-refractivity contribution in [3.05, 3.63) is 47.1 Å². The van der Waals surface area contributed by atoms with Crippen LogP contribution in [0.3, 0.4) is 0 Å². The van der Waals surface area contributed by atoms with Crippen molar-refractivity contribution in [2.75, 3.05) is 57.0 Å². The number of nitrogens with zero attached hydrogens (tertiary/aromatic N) is 4. The van der Waals surface area contributed by atoms with Gasteiger partial charge in [0.25, 0.3) is 0 Å². The maximum atomic E-state index is 12.6. The van der Waals surface area contributed by atoms with E-state index in [9.17, 15) is 13.2 Å². The van der Waals surface area contributed by atoms with Crippen molar-refractivity contribution in [1.29, 1.82) is 0 Å². The van der Waals surface area contributed by atoms with E-state index < -0.39 is 15.9 Å². The molecule has 1 aromatic heterocycles. The number of pyridine rings is 1. The first-order valence-electron chi connectivity index (χ1n) is 9.17. The molecule has 10 heteroatoms. The van der Waals surface area contributed by atoms with Gasteiger partial charge < -0.3 is 15.1 Å². The molecule has 2 heterocycles. The van der Waals surface area contributed by atoms with Crippen LogP contribution < -0.4 is 10.2 Å². The normalized spacial score (nSPS) is 15.5. The van der Waals surface area contributed by atoms with Gasteiger partial charge in [-0.05, 0) is 43.4 Å². The van der Waals surface area contributed by atoms with Crippen LogP contribution in [0.2, 0.25) is 0 Å². The van der Waals surface area contributed by atoms with E-state index in [0.717, 1.165) is 40.8 Å². The van der Waals surface area contributed by atoms with Gasteiger partial charge in [0.2, 0.25) is 15.9 Å². The number of amides is 1. The van der Waals surface area contributed by atoms with Gasteiger partial charge in [0.05, 0.1) is 23.3 Å². The molecule has 1 aromatic carbocycles. The highest BCUT2D eigenvalue weighted by atomic mass is 79.9. The molecule has 0 bridgehead atoms. The molecule has 29 heavy (non-hydrogen) atoms. The number of likely N-dealkylation sites (N-methyl/N-ethyl adjacent to an activating group) is 2. The van der Waals surface area contributed by atoms with E-state index in [2.05, 4.69) is 43.1 Å². The summed E-state index contributed by atoms with van der Waals surface area (Å²) in [6, 6.07) is 9.93. The molecule has 1 aliphatic heterocycles. The fourth-order valence-corrected chi connectivity index (χ4v) is 4.35. The van der Waals surface area contributed by atoms with Gasteiger partial charge in [-0.1, -0.05) is 15.9 Å². The highest BCUT2D eigenvalue weighted by Crippen LogP contribution is 2.19. The summed E-state index contributed by atoms with van der Waals surface area (Å²) in [6.07, 6.45) is 1.59. The van der Waals surface area contributed by atoms with Crippen LogP contribution in [-0.4, -0.2) is 75.3 Å². The van der Waals surface area contributed by atoms with Gasteiger partial charge in [0, 0.05) is 37.7 Å². The Morgan fingerprint density at radius 3 is 2.38 bits per heavy atom. The number of rotatable bonds is 6. The summed E-state index contributed by atoms with van der Waals surface area (Å²) in [5.41, 5.74) is 0.530. The fourth-order valence-electron chi connectivity index (χ4n) is 2.96. The zero-order chi connectivity index (χ0) is 21.0. The van der Waals surface area contributed by atoms with Gasteiger partial charge in [-0.15, -0.1) is 0 Å². The molecule has 1 saturated heterocycles. The van der Waals surface area contributed by atoms with E-state index in [4.69, 9.17) is 0 Å². The second-order valence-corrected chi connectivity index (χ2v) is 9.92. The molecular weight excluding hydrogens is 458 g/mol. The summed E-state index contributed by atoms with van der Waals surface area (Å²) >= 11 is 3.28. The number of aromatic nitrogens is 1. The third-order valence-corrected chi connectivity index (χ3v) is 7.09. The number of benzene rings is 1. The standard InChI is InChI=1S/C19H24BrN5O3S/c1-23-9-11-25(12-10-23)18-8-5-16(13-21-18)22-19(26)14-24(2)29(27,28)17-6-3-15(20)4-7-17/h3-8,13H,9-12,14H2,1-2H3,(H,22,26). The molecule has 0 spiro atoms. The van der Waals surface area contributed by atoms with Crippen LogP contribution in [0.15, 0.2) is 52.0 Å². The van der Waals surface area contributed by atoms with Crippen molar-refractivity contribution in [3.8, 4) is 0 Å². The number of hydrogen-bond donors (Lipinski definition) is 1. The molecule has 1 fully saturated rings. The Morgan fingerprint density at radius 2 is 1.79 bits per heavy atom. The van der Waals surface area contributed by atoms with E-state index in [0.29, 0.717) is 5.69 Å². The van der Waals surface area contributed by atoms with E-state index in [-0.39, 0.29) is 11.4 Å². The lowest BCUT2D eigenvalue weighted by Gasteiger charge is -2.33. The van der Waals surface area contributed by atoms with Crippen LogP contribution in [0.4, 0.5) is 11.5 Å². The van der Waals surface area contributed by atoms with Crippen LogP contribution >= 0.6 is 15.9 Å². The maximum absolute atomic E-state index is 12.6. The number of anilines is 2. The van der Waals surface area contributed by atoms with E-state index >= 15 is 0 Å². The lowest BCUT2D eigenvalue weighted by molar-refractivity contribution is -0.116. The Balaban J connectivity index is 1.58. The molecule has 0 unspecified atom stereocenters. The molecule has 1 N–H and O–H groups in total. The lowest BCUT2D eigenvalue weighted by atomic mass is 10.3. The molecule has 156 valence electrons. The van der Waals surface area contributed by atoms with Crippen molar-refractivity contribution < 1.29 is 13.2 Å². The first-order valence-corrected chi connectivity index (χ1v) is 11.4. The van der Waals surface area contributed by atoms with Gasteiger partial charge in [-0.2, -0.15) is 4.31 Å². The smallest absolute Gasteiger partial charge is 0.243 e. The molecule has 2 aromatic rings. The molecule has 0 atom stereocenters. The summed E-state index contributed by atoms with van der Waals surface area (Å²) in [6.45, 7) is 3.50. The molecule has 8 nitrogen and oxygen atoms in total. The number of carbonyl (C=O) groups is 1. The summed E-state index contributed by atoms with van der Waals surface area (Å²) in [7, 11) is -0.268. The van der Waals surface area contributed by atoms with Crippen molar-refractivity contribution in [1.82, 2.24) is 14.2 Å². The number of halogens is 1. The van der Waals surface area contributed by atoms with Gasteiger partial charge >= 0.3 is 0 Å². The third kappa shape index (κ3) is 5.53. The topological polar surface area (TPSA) is 85.9 Å². The van der Waals surface area contributed by atoms with E-state index in [1.165, 1.54) is 19.2 Å². The zero-order valence-electron chi connectivity index (χ0n) is 16.4. The average Bonchev–Trinajstić information content (AvgIpc) is 2.69. The Bertz CT molecular complexity index is 943. The number of hydrogen-bond acceptors (Lipinski definition) is 6. The molecule has 0 radical (unpaired) electrons. The molecular formula is C19H24BrN5O3S. The number of carbonyl (C=O) groups excluding carboxylic acids is 1. The molecule has 0 aliphatic carbocycles. The van der Waals surface area contributed by atoms with Crippen LogP contribution in [0.25, 0.3) is 0 Å². The van der Waals surface area contributed by atoms with Crippen LogP contribution in [-0.2, 0) is 14.8 Å². The molecule has 1 aliphatic rings. The summed E-state index contributed by atoms with van der Waals surface area (Å²) < 4.78 is 27.0. The number of nitrogens with one attached hydrogen (secondary N) is 1. The monoisotopic (exact) mass is 481 g/mol. The number of piperazine rings is 1. The predicted octanol–water partition coefficient (Wildman–Crippen LogP) is 1.86. The third-order valence-electron chi connectivity index (χ3n) is 4.75. The van der Waals surface area contributed by atoms with Gasteiger partial charge in [0.15, 0.2) is 0 Å². The molecule has 3 rings (SSSR count). The van der Waals surface area contributed by atoms with E-state index in [1.807, 2.05) is 6.07 Å². The Kier molecular flexibility index (Phi) is 6.89. The minimum absolute atomic E-state index is 0.134. The van der Waals surface area contributed by atoms with Crippen LogP contribution in [0, 0.1) is 0 Å². The lowest BCUT2D eigenvalue weighted by Crippen LogP contribution is -2.44. The van der Waals surface area contributed by atoms with Crippen LogP contribution in [0.5, 0.6) is 0 Å². The van der Waals surface area contributed by atoms with Crippen molar-refractivity contribution in [2.24, 2.45) is 0 Å². The van der Waals surface area contributed by atoms with Crippen LogP contribution in [0.1, 0.15) is 0 Å². The quantitative estimate of drug-likeness (QED) is 0.677. The maximum Gasteiger partial charge on any atom is 0.243 e. The number of sulfonamides is 1. The molecule has 1 amide bonds. The van der Waals surface area contributed by atoms with Crippen molar-refractivity contribution >= 4 is 43.4 Å². The second-order valence-electron chi connectivity index (χ2n) is 6.96. The van der Waals surface area contributed by atoms with Crippen molar-refractivity contribution in [3.63, 3.8) is 0 Å². The van der Waals surface area contributed by atoms with Gasteiger partial charge in [0.1, 0.15) is 5.82 Å². The Labute approximate surface area is 179 Å². The highest BCUT2D eigenvalue weighted by Gasteiger charge is 2.23. The molecule has 0 saturated carbocycles. The van der Waals surface area contributed by atoms with Gasteiger partial charge in [-0.25, -0.2) is 13.4 Å². The largest absolute Gasteiger partial charge is 0.354 e. The van der Waals surface area contributed by atoms with Crippen molar-refractivity contribution in [2.45, 2.75) is 4.90 Å². The minimum Gasteiger partial charge on any atom is -0.354 e. The minimum atomic E-state index is -3.74. The van der Waals surface area contributed by atoms with E-state index in [1.54, 1.807) is 24.4 Å². The summed E-state index contributed by atoms with van der Waals surface area (Å²) in [5.74, 6) is 0.438. The Hall–Kier alpha value is -2.01. The SMILES string of the molecule is CN1CCN(c2ccc(NC(=O)CN(C)S(=O)(=O)c3ccc(Br)cc3)cn2)CC1. The summed E-state index contributed by atoms with van der Waals surface area (Å²) in [4.78, 5) is 21.3. The summed E-state index contributed by atoms with van der Waals surface area (Å²) in [5, 5.41) is 2.70. The average molecular weight is 482 g/mol. The second kappa shape index (κ2) is 9.21. The fraction of sp³-hybridized carbons (Fsp3) is 0.368.